The Morgan fingerprint density at radius 1 is 1.00 bits per heavy atom. The monoisotopic (exact) mass is 601 g/mol. The number of ether oxygens (including phenoxy) is 2. The van der Waals surface area contributed by atoms with Crippen molar-refractivity contribution in [2.45, 2.75) is 11.8 Å². The summed E-state index contributed by atoms with van der Waals surface area (Å²) in [6, 6.07) is 15.7. The van der Waals surface area contributed by atoms with Crippen LogP contribution in [0.4, 0.5) is 5.69 Å². The molecule has 0 aromatic heterocycles. The summed E-state index contributed by atoms with van der Waals surface area (Å²) in [5.74, 6) is -0.0470. The maximum absolute atomic E-state index is 13.4. The molecule has 0 spiro atoms. The molecule has 6 nitrogen and oxygen atoms in total. The molecule has 0 aliphatic heterocycles. The number of benzene rings is 3. The molecule has 3 aromatic rings. The third-order valence-electron chi connectivity index (χ3n) is 4.40. The van der Waals surface area contributed by atoms with Crippen LogP contribution in [-0.4, -0.2) is 28.0 Å². The highest BCUT2D eigenvalue weighted by molar-refractivity contribution is 9.11. The lowest BCUT2D eigenvalue weighted by atomic mass is 10.2. The van der Waals surface area contributed by atoms with Crippen LogP contribution in [0.3, 0.4) is 0 Å². The van der Waals surface area contributed by atoms with Crippen LogP contribution in [0, 0.1) is 6.92 Å². The molecule has 0 atom stereocenters. The molecule has 32 heavy (non-hydrogen) atoms. The first-order valence-corrected chi connectivity index (χ1v) is 12.6. The molecule has 3 aromatic carbocycles. The number of amides is 1. The average Bonchev–Trinajstić information content (AvgIpc) is 2.73. The van der Waals surface area contributed by atoms with E-state index in [9.17, 15) is 13.2 Å². The van der Waals surface area contributed by atoms with Crippen molar-refractivity contribution in [1.82, 2.24) is 0 Å². The zero-order valence-electron chi connectivity index (χ0n) is 17.0. The summed E-state index contributed by atoms with van der Waals surface area (Å²) in [7, 11) is -2.80. The lowest BCUT2D eigenvalue weighted by Crippen LogP contribution is -2.40. The molecule has 0 unspecified atom stereocenters. The minimum absolute atomic E-state index is 0.0341. The number of nitrogens with zero attached hydrogens (tertiary/aromatic N) is 1. The summed E-state index contributed by atoms with van der Waals surface area (Å²) in [5, 5.41) is 0.165. The normalized spacial score (nSPS) is 11.2. The van der Waals surface area contributed by atoms with E-state index in [1.54, 1.807) is 30.3 Å². The molecule has 0 aliphatic carbocycles. The number of carbonyl (C=O) groups excluding carboxylic acids is 1. The van der Waals surface area contributed by atoms with Crippen LogP contribution < -0.4 is 13.8 Å². The fourth-order valence-corrected chi connectivity index (χ4v) is 5.62. The molecule has 10 heteroatoms. The summed E-state index contributed by atoms with van der Waals surface area (Å²) in [6.07, 6.45) is 0. The third kappa shape index (κ3) is 5.46. The van der Waals surface area contributed by atoms with Crippen molar-refractivity contribution in [3.63, 3.8) is 0 Å². The van der Waals surface area contributed by atoms with Gasteiger partial charge in [0.05, 0.1) is 27.2 Å². The second-order valence-corrected chi connectivity index (χ2v) is 10.6. The average molecular weight is 604 g/mol. The van der Waals surface area contributed by atoms with Crippen LogP contribution in [0.15, 0.2) is 74.5 Å². The number of hydrogen-bond donors (Lipinski definition) is 0. The SMILES string of the molecule is COc1ccc(N(C(=O)COc2ccc(Br)cc2Br)S(=O)(=O)c2ccc(C)cc2)cc1Cl. The van der Waals surface area contributed by atoms with Crippen molar-refractivity contribution in [2.24, 2.45) is 0 Å². The third-order valence-corrected chi connectivity index (χ3v) is 7.57. The summed E-state index contributed by atoms with van der Waals surface area (Å²) in [6.45, 7) is 1.32. The molecule has 3 rings (SSSR count). The smallest absolute Gasteiger partial charge is 0.278 e. The van der Waals surface area contributed by atoms with Gasteiger partial charge in [0, 0.05) is 4.47 Å². The van der Waals surface area contributed by atoms with Crippen molar-refractivity contribution in [1.29, 1.82) is 0 Å². The van der Waals surface area contributed by atoms with E-state index in [0.717, 1.165) is 10.0 Å². The minimum atomic E-state index is -4.24. The summed E-state index contributed by atoms with van der Waals surface area (Å²) < 4.78 is 39.7. The molecule has 1 amide bonds. The van der Waals surface area contributed by atoms with Gasteiger partial charge in [-0.05, 0) is 71.4 Å². The second kappa shape index (κ2) is 10.2. The van der Waals surface area contributed by atoms with Crippen molar-refractivity contribution >= 4 is 65.1 Å². The number of sulfonamides is 1. The molecule has 0 aliphatic rings. The van der Waals surface area contributed by atoms with Crippen LogP contribution in [-0.2, 0) is 14.8 Å². The molecule has 0 bridgehead atoms. The van der Waals surface area contributed by atoms with Crippen LogP contribution in [0.25, 0.3) is 0 Å². The highest BCUT2D eigenvalue weighted by Crippen LogP contribution is 2.33. The summed E-state index contributed by atoms with van der Waals surface area (Å²) in [4.78, 5) is 13.1. The highest BCUT2D eigenvalue weighted by Gasteiger charge is 2.32. The second-order valence-electron chi connectivity index (χ2n) is 6.66. The van der Waals surface area contributed by atoms with Gasteiger partial charge >= 0.3 is 0 Å². The lowest BCUT2D eigenvalue weighted by Gasteiger charge is -2.23. The van der Waals surface area contributed by atoms with E-state index in [0.29, 0.717) is 20.3 Å². The highest BCUT2D eigenvalue weighted by atomic mass is 79.9. The van der Waals surface area contributed by atoms with E-state index in [2.05, 4.69) is 31.9 Å². The Kier molecular flexibility index (Phi) is 7.87. The van der Waals surface area contributed by atoms with Gasteiger partial charge in [0.1, 0.15) is 11.5 Å². The Balaban J connectivity index is 2.00. The van der Waals surface area contributed by atoms with E-state index in [1.165, 1.54) is 37.4 Å². The van der Waals surface area contributed by atoms with Gasteiger partial charge in [0.15, 0.2) is 6.61 Å². The summed E-state index contributed by atoms with van der Waals surface area (Å²) in [5.41, 5.74) is 0.956. The predicted octanol–water partition coefficient (Wildman–Crippen LogP) is 5.98. The minimum Gasteiger partial charge on any atom is -0.495 e. The van der Waals surface area contributed by atoms with Crippen molar-refractivity contribution in [2.75, 3.05) is 18.0 Å². The van der Waals surface area contributed by atoms with E-state index in [-0.39, 0.29) is 15.6 Å². The molecular weight excluding hydrogens is 586 g/mol. The lowest BCUT2D eigenvalue weighted by molar-refractivity contribution is -0.119. The number of anilines is 1. The topological polar surface area (TPSA) is 72.9 Å². The number of carbonyl (C=O) groups is 1. The Morgan fingerprint density at radius 3 is 2.25 bits per heavy atom. The Labute approximate surface area is 208 Å². The standard InChI is InChI=1S/C22H18Br2ClNO5S/c1-14-3-7-17(8-4-14)32(28,29)26(16-6-10-21(30-2)19(25)12-16)22(27)13-31-20-9-5-15(23)11-18(20)24/h3-12H,13H2,1-2H3. The van der Waals surface area contributed by atoms with Crippen LogP contribution in [0.1, 0.15) is 5.56 Å². The van der Waals surface area contributed by atoms with E-state index >= 15 is 0 Å². The first-order chi connectivity index (χ1) is 15.1. The fourth-order valence-electron chi connectivity index (χ4n) is 2.80. The number of aryl methyl sites for hydroxylation is 1. The molecule has 0 saturated heterocycles. The number of rotatable bonds is 7. The van der Waals surface area contributed by atoms with Crippen molar-refractivity contribution in [3.8, 4) is 11.5 Å². The van der Waals surface area contributed by atoms with Gasteiger partial charge in [0.2, 0.25) is 0 Å². The number of hydrogen-bond acceptors (Lipinski definition) is 5. The molecule has 0 N–H and O–H groups in total. The zero-order chi connectivity index (χ0) is 23.5. The Hall–Kier alpha value is -2.07. The molecular formula is C22H18Br2ClNO5S. The summed E-state index contributed by atoms with van der Waals surface area (Å²) >= 11 is 12.9. The molecule has 0 fully saturated rings. The van der Waals surface area contributed by atoms with E-state index in [1.807, 2.05) is 6.92 Å². The van der Waals surface area contributed by atoms with Crippen LogP contribution in [0.2, 0.25) is 5.02 Å². The maximum Gasteiger partial charge on any atom is 0.278 e. The fraction of sp³-hybridized carbons (Fsp3) is 0.136. The van der Waals surface area contributed by atoms with Crippen LogP contribution >= 0.6 is 43.5 Å². The first-order valence-electron chi connectivity index (χ1n) is 9.19. The van der Waals surface area contributed by atoms with Gasteiger partial charge in [-0.2, -0.15) is 4.31 Å². The van der Waals surface area contributed by atoms with Crippen molar-refractivity contribution < 1.29 is 22.7 Å². The maximum atomic E-state index is 13.4. The van der Waals surface area contributed by atoms with Crippen LogP contribution in [0.5, 0.6) is 11.5 Å². The van der Waals surface area contributed by atoms with Gasteiger partial charge in [0.25, 0.3) is 15.9 Å². The predicted molar refractivity (Wildman–Crippen MR) is 131 cm³/mol. The quantitative estimate of drug-likeness (QED) is 0.332. The number of methoxy groups -OCH3 is 1. The van der Waals surface area contributed by atoms with Gasteiger partial charge in [-0.3, -0.25) is 4.79 Å². The van der Waals surface area contributed by atoms with E-state index in [4.69, 9.17) is 21.1 Å². The van der Waals surface area contributed by atoms with Crippen molar-refractivity contribution in [3.05, 3.63) is 80.2 Å². The molecule has 0 saturated carbocycles. The first kappa shape index (κ1) is 24.6. The van der Waals surface area contributed by atoms with Gasteiger partial charge < -0.3 is 9.47 Å². The molecule has 168 valence electrons. The van der Waals surface area contributed by atoms with Gasteiger partial charge in [-0.1, -0.05) is 45.2 Å². The molecule has 0 radical (unpaired) electrons. The van der Waals surface area contributed by atoms with Gasteiger partial charge in [-0.25, -0.2) is 8.42 Å². The largest absolute Gasteiger partial charge is 0.495 e. The Bertz CT molecular complexity index is 1250. The Morgan fingerprint density at radius 2 is 1.66 bits per heavy atom. The van der Waals surface area contributed by atoms with Gasteiger partial charge in [-0.15, -0.1) is 0 Å². The zero-order valence-corrected chi connectivity index (χ0v) is 21.8. The van der Waals surface area contributed by atoms with E-state index < -0.39 is 22.5 Å². The number of halogens is 3. The molecule has 0 heterocycles.